The molecule has 5 nitrogen and oxygen atoms in total. The van der Waals surface area contributed by atoms with Crippen molar-refractivity contribution in [2.75, 3.05) is 19.6 Å². The zero-order valence-corrected chi connectivity index (χ0v) is 10.6. The van der Waals surface area contributed by atoms with Gasteiger partial charge in [-0.15, -0.1) is 0 Å². The van der Waals surface area contributed by atoms with Gasteiger partial charge in [-0.25, -0.2) is 0 Å². The van der Waals surface area contributed by atoms with Gasteiger partial charge in [0.05, 0.1) is 0 Å². The van der Waals surface area contributed by atoms with E-state index in [1.807, 2.05) is 0 Å². The molecule has 1 aliphatic heterocycles. The number of carbonyl (C=O) groups excluding carboxylic acids is 2. The Balaban J connectivity index is 2.03. The summed E-state index contributed by atoms with van der Waals surface area (Å²) in [5.41, 5.74) is 0.376. The number of nitrogens with one attached hydrogen (secondary N) is 1. The number of rotatable bonds is 3. The highest BCUT2D eigenvalue weighted by Crippen LogP contribution is 2.16. The third-order valence-electron chi connectivity index (χ3n) is 2.93. The molecule has 1 fully saturated rings. The van der Waals surface area contributed by atoms with Crippen molar-refractivity contribution in [2.45, 2.75) is 13.0 Å². The lowest BCUT2D eigenvalue weighted by molar-refractivity contribution is -0.120. The molecule has 1 saturated heterocycles. The van der Waals surface area contributed by atoms with Crippen molar-refractivity contribution in [3.8, 4) is 5.75 Å². The minimum Gasteiger partial charge on any atom is -0.435 e. The Morgan fingerprint density at radius 2 is 1.95 bits per heavy atom. The summed E-state index contributed by atoms with van der Waals surface area (Å²) in [6, 6.07) is 5.50. The van der Waals surface area contributed by atoms with Gasteiger partial charge in [0.15, 0.2) is 0 Å². The van der Waals surface area contributed by atoms with Gasteiger partial charge in [0.2, 0.25) is 5.91 Å². The van der Waals surface area contributed by atoms with Crippen LogP contribution in [0.2, 0.25) is 0 Å². The molecule has 2 amide bonds. The molecule has 1 aromatic rings. The molecule has 0 aromatic heterocycles. The van der Waals surface area contributed by atoms with Crippen LogP contribution in [-0.4, -0.2) is 43.0 Å². The van der Waals surface area contributed by atoms with Gasteiger partial charge in [-0.2, -0.15) is 8.78 Å². The lowest BCUT2D eigenvalue weighted by Gasteiger charge is -2.19. The zero-order chi connectivity index (χ0) is 14.5. The summed E-state index contributed by atoms with van der Waals surface area (Å²) in [6.45, 7) is -1.70. The maximum atomic E-state index is 12.2. The second-order valence-corrected chi connectivity index (χ2v) is 4.30. The lowest BCUT2D eigenvalue weighted by atomic mass is 10.2. The molecule has 0 spiro atoms. The summed E-state index contributed by atoms with van der Waals surface area (Å²) in [7, 11) is 0. The number of benzene rings is 1. The quantitative estimate of drug-likeness (QED) is 0.908. The van der Waals surface area contributed by atoms with Gasteiger partial charge in [0, 0.05) is 31.6 Å². The topological polar surface area (TPSA) is 58.6 Å². The average molecular weight is 284 g/mol. The van der Waals surface area contributed by atoms with Gasteiger partial charge >= 0.3 is 6.61 Å². The largest absolute Gasteiger partial charge is 0.435 e. The molecule has 0 radical (unpaired) electrons. The fourth-order valence-electron chi connectivity index (χ4n) is 1.93. The SMILES string of the molecule is O=C1CCN(C(=O)c2ccc(OC(F)F)cc2)CCN1. The van der Waals surface area contributed by atoms with Crippen LogP contribution in [0.25, 0.3) is 0 Å². The first-order chi connectivity index (χ1) is 9.56. The first-order valence-electron chi connectivity index (χ1n) is 6.17. The molecule has 0 aliphatic carbocycles. The van der Waals surface area contributed by atoms with Crippen molar-refractivity contribution in [3.05, 3.63) is 29.8 Å². The Labute approximate surface area is 114 Å². The molecule has 0 unspecified atom stereocenters. The van der Waals surface area contributed by atoms with Crippen LogP contribution >= 0.6 is 0 Å². The third-order valence-corrected chi connectivity index (χ3v) is 2.93. The summed E-state index contributed by atoms with van der Waals surface area (Å²) < 4.78 is 28.2. The molecule has 7 heteroatoms. The minimum absolute atomic E-state index is 0.00395. The standard InChI is InChI=1S/C13H14F2N2O3/c14-13(15)20-10-3-1-9(2-4-10)12(19)17-7-5-11(18)16-6-8-17/h1-4,13H,5-8H2,(H,16,18). The Kier molecular flexibility index (Phi) is 4.49. The van der Waals surface area contributed by atoms with Crippen molar-refractivity contribution in [1.82, 2.24) is 10.2 Å². The predicted molar refractivity (Wildman–Crippen MR) is 66.6 cm³/mol. The fourth-order valence-corrected chi connectivity index (χ4v) is 1.93. The second-order valence-electron chi connectivity index (χ2n) is 4.30. The Hall–Kier alpha value is -2.18. The molecular weight excluding hydrogens is 270 g/mol. The summed E-state index contributed by atoms with van der Waals surface area (Å²) in [5, 5.41) is 2.68. The van der Waals surface area contributed by atoms with Crippen LogP contribution < -0.4 is 10.1 Å². The minimum atomic E-state index is -2.89. The Morgan fingerprint density at radius 3 is 2.60 bits per heavy atom. The van der Waals surface area contributed by atoms with Crippen LogP contribution in [0.4, 0.5) is 8.78 Å². The monoisotopic (exact) mass is 284 g/mol. The molecule has 0 atom stereocenters. The maximum Gasteiger partial charge on any atom is 0.387 e. The third kappa shape index (κ3) is 3.66. The van der Waals surface area contributed by atoms with E-state index >= 15 is 0 Å². The van der Waals surface area contributed by atoms with E-state index in [1.54, 1.807) is 4.90 Å². The molecule has 0 bridgehead atoms. The highest BCUT2D eigenvalue weighted by Gasteiger charge is 2.19. The number of alkyl halides is 2. The zero-order valence-electron chi connectivity index (χ0n) is 10.6. The number of hydrogen-bond acceptors (Lipinski definition) is 3. The lowest BCUT2D eigenvalue weighted by Crippen LogP contribution is -2.34. The molecule has 0 saturated carbocycles. The van der Waals surface area contributed by atoms with E-state index in [1.165, 1.54) is 24.3 Å². The van der Waals surface area contributed by atoms with Crippen LogP contribution in [0.3, 0.4) is 0 Å². The molecule has 1 N–H and O–H groups in total. The van der Waals surface area contributed by atoms with Crippen LogP contribution in [0.5, 0.6) is 5.75 Å². The normalized spacial score (nSPS) is 15.8. The van der Waals surface area contributed by atoms with Crippen molar-refractivity contribution in [1.29, 1.82) is 0 Å². The van der Waals surface area contributed by atoms with Gasteiger partial charge in [-0.1, -0.05) is 0 Å². The molecule has 108 valence electrons. The first-order valence-corrected chi connectivity index (χ1v) is 6.17. The van der Waals surface area contributed by atoms with Gasteiger partial charge in [-0.3, -0.25) is 9.59 Å². The predicted octanol–water partition coefficient (Wildman–Crippen LogP) is 1.25. The molecule has 2 rings (SSSR count). The van der Waals surface area contributed by atoms with E-state index in [2.05, 4.69) is 10.1 Å². The number of ether oxygens (including phenoxy) is 1. The van der Waals surface area contributed by atoms with E-state index in [9.17, 15) is 18.4 Å². The number of carbonyl (C=O) groups is 2. The molecule has 1 heterocycles. The molecular formula is C13H14F2N2O3. The first kappa shape index (κ1) is 14.2. The summed E-state index contributed by atoms with van der Waals surface area (Å²) in [5.74, 6) is -0.310. The molecule has 1 aliphatic rings. The Morgan fingerprint density at radius 1 is 1.25 bits per heavy atom. The van der Waals surface area contributed by atoms with Crippen molar-refractivity contribution in [3.63, 3.8) is 0 Å². The van der Waals surface area contributed by atoms with Crippen molar-refractivity contribution >= 4 is 11.8 Å². The van der Waals surface area contributed by atoms with Crippen LogP contribution in [0.1, 0.15) is 16.8 Å². The number of hydrogen-bond donors (Lipinski definition) is 1. The molecule has 1 aromatic carbocycles. The van der Waals surface area contributed by atoms with Gasteiger partial charge in [0.1, 0.15) is 5.75 Å². The highest BCUT2D eigenvalue weighted by atomic mass is 19.3. The van der Waals surface area contributed by atoms with Gasteiger partial charge in [-0.05, 0) is 24.3 Å². The van der Waals surface area contributed by atoms with Gasteiger partial charge in [0.25, 0.3) is 5.91 Å². The second kappa shape index (κ2) is 6.31. The smallest absolute Gasteiger partial charge is 0.387 e. The summed E-state index contributed by atoms with van der Waals surface area (Å²) >= 11 is 0. The van der Waals surface area contributed by atoms with E-state index in [4.69, 9.17) is 0 Å². The maximum absolute atomic E-state index is 12.2. The van der Waals surface area contributed by atoms with Gasteiger partial charge < -0.3 is 15.0 Å². The molecule has 20 heavy (non-hydrogen) atoms. The number of halogens is 2. The van der Waals surface area contributed by atoms with E-state index in [0.29, 0.717) is 25.2 Å². The summed E-state index contributed by atoms with van der Waals surface area (Å²) in [6.07, 6.45) is 0.262. The van der Waals surface area contributed by atoms with E-state index in [-0.39, 0.29) is 24.0 Å². The Bertz CT molecular complexity index is 491. The summed E-state index contributed by atoms with van der Waals surface area (Å²) in [4.78, 5) is 24.9. The van der Waals surface area contributed by atoms with Crippen LogP contribution in [0.15, 0.2) is 24.3 Å². The average Bonchev–Trinajstić information content (AvgIpc) is 2.63. The van der Waals surface area contributed by atoms with Crippen LogP contribution in [0, 0.1) is 0 Å². The van der Waals surface area contributed by atoms with E-state index < -0.39 is 6.61 Å². The fraction of sp³-hybridized carbons (Fsp3) is 0.385. The van der Waals surface area contributed by atoms with Crippen molar-refractivity contribution < 1.29 is 23.1 Å². The highest BCUT2D eigenvalue weighted by molar-refractivity contribution is 5.94. The van der Waals surface area contributed by atoms with Crippen LogP contribution in [-0.2, 0) is 4.79 Å². The number of amides is 2. The van der Waals surface area contributed by atoms with Crippen molar-refractivity contribution in [2.24, 2.45) is 0 Å². The number of nitrogens with zero attached hydrogens (tertiary/aromatic N) is 1. The van der Waals surface area contributed by atoms with E-state index in [0.717, 1.165) is 0 Å².